The van der Waals surface area contributed by atoms with Crippen molar-refractivity contribution in [2.75, 3.05) is 18.5 Å². The van der Waals surface area contributed by atoms with Gasteiger partial charge in [0.15, 0.2) is 0 Å². The Kier molecular flexibility index (Phi) is 7.48. The minimum Gasteiger partial charge on any atom is -0.375 e. The van der Waals surface area contributed by atoms with Crippen molar-refractivity contribution in [2.45, 2.75) is 75.8 Å². The number of hydrogen-bond acceptors (Lipinski definition) is 6. The maximum absolute atomic E-state index is 15.5. The number of ether oxygens (including phenoxy) is 1. The molecule has 0 amide bonds. The van der Waals surface area contributed by atoms with Gasteiger partial charge in [0.1, 0.15) is 23.9 Å². The molecule has 1 fully saturated rings. The predicted octanol–water partition coefficient (Wildman–Crippen LogP) is 5.04. The van der Waals surface area contributed by atoms with Crippen LogP contribution in [0.2, 0.25) is 0 Å². The summed E-state index contributed by atoms with van der Waals surface area (Å²) in [6.07, 6.45) is 4.66. The third kappa shape index (κ3) is 5.01. The Morgan fingerprint density at radius 2 is 1.85 bits per heavy atom. The second-order valence-electron chi connectivity index (χ2n) is 10.8. The summed E-state index contributed by atoms with van der Waals surface area (Å²) in [5.41, 5.74) is -1.98. The van der Waals surface area contributed by atoms with Crippen LogP contribution < -0.4 is 16.6 Å². The first-order chi connectivity index (χ1) is 19.1. The Bertz CT molecular complexity index is 1600. The zero-order valence-electron chi connectivity index (χ0n) is 22.6. The van der Waals surface area contributed by atoms with Gasteiger partial charge in [-0.2, -0.15) is 19.0 Å². The third-order valence-corrected chi connectivity index (χ3v) is 8.01. The van der Waals surface area contributed by atoms with Crippen LogP contribution in [0.1, 0.15) is 74.6 Å². The molecule has 2 aliphatic rings. The zero-order chi connectivity index (χ0) is 28.7. The quantitative estimate of drug-likeness (QED) is 0.452. The van der Waals surface area contributed by atoms with Crippen LogP contribution in [-0.4, -0.2) is 27.3 Å². The van der Waals surface area contributed by atoms with Crippen molar-refractivity contribution in [1.82, 2.24) is 14.1 Å². The molecule has 0 spiro atoms. The molecule has 8 nitrogen and oxygen atoms in total. The molecule has 1 aliphatic heterocycles. The van der Waals surface area contributed by atoms with Gasteiger partial charge in [0.25, 0.3) is 11.5 Å². The second kappa shape index (κ2) is 10.7. The third-order valence-electron chi connectivity index (χ3n) is 8.01. The lowest BCUT2D eigenvalue weighted by atomic mass is 9.97. The molecule has 3 heterocycles. The normalized spacial score (nSPS) is 21.1. The monoisotopic (exact) mass is 555 g/mol. The molecule has 1 aromatic carbocycles. The van der Waals surface area contributed by atoms with E-state index < -0.39 is 41.1 Å². The highest BCUT2D eigenvalue weighted by Crippen LogP contribution is 2.47. The zero-order valence-corrected chi connectivity index (χ0v) is 22.6. The van der Waals surface area contributed by atoms with Crippen molar-refractivity contribution in [3.8, 4) is 6.07 Å². The molecule has 212 valence electrons. The van der Waals surface area contributed by atoms with Crippen LogP contribution in [0.3, 0.4) is 0 Å². The Hall–Kier alpha value is -3.65. The van der Waals surface area contributed by atoms with Gasteiger partial charge >= 0.3 is 5.69 Å². The number of aromatic nitrogens is 3. The Labute approximate surface area is 229 Å². The first kappa shape index (κ1) is 27.9. The number of pyridine rings is 1. The number of fused-ring (bicyclic) bond motifs is 8. The van der Waals surface area contributed by atoms with Crippen LogP contribution in [-0.2, 0) is 29.7 Å². The van der Waals surface area contributed by atoms with Gasteiger partial charge in [-0.05, 0) is 44.7 Å². The molecule has 0 radical (unpaired) electrons. The molecule has 2 aromatic heterocycles. The van der Waals surface area contributed by atoms with Gasteiger partial charge in [-0.3, -0.25) is 13.9 Å². The summed E-state index contributed by atoms with van der Waals surface area (Å²) in [6, 6.07) is 6.80. The van der Waals surface area contributed by atoms with Crippen LogP contribution in [0.4, 0.5) is 19.0 Å². The maximum Gasteiger partial charge on any atom is 0.351 e. The topological polar surface area (TPSA) is 102 Å². The summed E-state index contributed by atoms with van der Waals surface area (Å²) in [7, 11) is 1.56. The van der Waals surface area contributed by atoms with E-state index in [-0.39, 0.29) is 23.5 Å². The van der Waals surface area contributed by atoms with Crippen molar-refractivity contribution >= 4 is 16.9 Å². The molecule has 1 atom stereocenters. The largest absolute Gasteiger partial charge is 0.375 e. The van der Waals surface area contributed by atoms with E-state index in [1.165, 1.54) is 21.3 Å². The number of anilines is 1. The number of rotatable bonds is 1. The maximum atomic E-state index is 15.5. The van der Waals surface area contributed by atoms with E-state index >= 15 is 4.39 Å². The fraction of sp³-hybridized carbons (Fsp3) is 0.517. The molecule has 5 rings (SSSR count). The highest BCUT2D eigenvalue weighted by molar-refractivity contribution is 5.88. The number of benzene rings is 1. The van der Waals surface area contributed by atoms with Gasteiger partial charge in [-0.1, -0.05) is 31.4 Å². The number of hydrogen-bond donors (Lipinski definition) is 1. The molecule has 1 saturated carbocycles. The first-order valence-electron chi connectivity index (χ1n) is 13.7. The molecular weight excluding hydrogens is 523 g/mol. The van der Waals surface area contributed by atoms with Gasteiger partial charge in [-0.15, -0.1) is 0 Å². The molecule has 1 aliphatic carbocycles. The summed E-state index contributed by atoms with van der Waals surface area (Å²) in [5, 5.41) is 13.3. The number of nitrogens with one attached hydrogen (secondary N) is 1. The van der Waals surface area contributed by atoms with Gasteiger partial charge in [0, 0.05) is 31.3 Å². The van der Waals surface area contributed by atoms with E-state index in [2.05, 4.69) is 16.4 Å². The standard InChI is InChI=1S/C29H32F3N5O3/c1-18-19-9-8-10-21(23(19)30)29(31,32)17-40-14-7-5-3-4-6-13-37-25-20(24(34-18)35-27(37)39)15-22(26(38)36(25)2)28(16-33)11-12-28/h8-10,15,18H,3-7,11-14,17H2,1-2H3,(H,34,35,39)/t18-/m1/s1. The van der Waals surface area contributed by atoms with E-state index in [4.69, 9.17) is 4.74 Å². The molecule has 0 unspecified atom stereocenters. The molecular formula is C29H32F3N5O3. The van der Waals surface area contributed by atoms with Crippen LogP contribution >= 0.6 is 0 Å². The van der Waals surface area contributed by atoms with Crippen LogP contribution in [0.15, 0.2) is 33.9 Å². The lowest BCUT2D eigenvalue weighted by molar-refractivity contribution is -0.0853. The number of nitriles is 1. The minimum absolute atomic E-state index is 0.0325. The first-order valence-corrected chi connectivity index (χ1v) is 13.7. The van der Waals surface area contributed by atoms with Crippen molar-refractivity contribution < 1.29 is 17.9 Å². The van der Waals surface area contributed by atoms with E-state index in [1.54, 1.807) is 20.0 Å². The summed E-state index contributed by atoms with van der Waals surface area (Å²) in [5.74, 6) is -4.51. The van der Waals surface area contributed by atoms with Crippen molar-refractivity contribution in [3.63, 3.8) is 0 Å². The Balaban J connectivity index is 1.68. The van der Waals surface area contributed by atoms with E-state index in [0.717, 1.165) is 25.3 Å². The van der Waals surface area contributed by atoms with Gasteiger partial charge in [-0.25, -0.2) is 9.18 Å². The molecule has 3 aromatic rings. The van der Waals surface area contributed by atoms with Gasteiger partial charge in [0.2, 0.25) is 0 Å². The highest BCUT2D eigenvalue weighted by Gasteiger charge is 2.47. The fourth-order valence-corrected chi connectivity index (χ4v) is 5.49. The van der Waals surface area contributed by atoms with E-state index in [1.807, 2.05) is 0 Å². The summed E-state index contributed by atoms with van der Waals surface area (Å²) < 4.78 is 53.5. The van der Waals surface area contributed by atoms with Gasteiger partial charge < -0.3 is 10.1 Å². The molecule has 1 N–H and O–H groups in total. The molecule has 40 heavy (non-hydrogen) atoms. The minimum atomic E-state index is -3.53. The second-order valence-corrected chi connectivity index (χ2v) is 10.8. The number of alkyl halides is 2. The van der Waals surface area contributed by atoms with Crippen LogP contribution in [0, 0.1) is 17.1 Å². The SMILES string of the molecule is C[C@H]1Nc2nc(=O)n(c3c2cc(C2(C#N)CC2)c(=O)n3C)CCCCCCCOCC(F)(F)c2cccc1c2F. The summed E-state index contributed by atoms with van der Waals surface area (Å²) in [6.45, 7) is 1.13. The average molecular weight is 556 g/mol. The predicted molar refractivity (Wildman–Crippen MR) is 144 cm³/mol. The number of halogens is 3. The molecule has 0 saturated heterocycles. The summed E-state index contributed by atoms with van der Waals surface area (Å²) >= 11 is 0. The van der Waals surface area contributed by atoms with Crippen LogP contribution in [0.25, 0.3) is 11.0 Å². The van der Waals surface area contributed by atoms with E-state index in [0.29, 0.717) is 48.8 Å². The van der Waals surface area contributed by atoms with Crippen molar-refractivity contribution in [1.29, 1.82) is 5.26 Å². The highest BCUT2D eigenvalue weighted by atomic mass is 19.3. The lowest BCUT2D eigenvalue weighted by Gasteiger charge is -2.23. The van der Waals surface area contributed by atoms with Crippen molar-refractivity contribution in [3.05, 3.63) is 67.6 Å². The fourth-order valence-electron chi connectivity index (χ4n) is 5.49. The van der Waals surface area contributed by atoms with Crippen LogP contribution in [0.5, 0.6) is 0 Å². The Morgan fingerprint density at radius 1 is 1.12 bits per heavy atom. The smallest absolute Gasteiger partial charge is 0.351 e. The Morgan fingerprint density at radius 3 is 2.58 bits per heavy atom. The van der Waals surface area contributed by atoms with Crippen molar-refractivity contribution in [2.24, 2.45) is 7.05 Å². The van der Waals surface area contributed by atoms with Gasteiger partial charge in [0.05, 0.1) is 28.5 Å². The molecule has 4 bridgehead atoms. The molecule has 11 heteroatoms. The summed E-state index contributed by atoms with van der Waals surface area (Å²) in [4.78, 5) is 30.9. The van der Waals surface area contributed by atoms with E-state index in [9.17, 15) is 23.6 Å². The number of aryl methyl sites for hydroxylation is 2. The average Bonchev–Trinajstić information content (AvgIpc) is 3.71. The number of nitrogens with zero attached hydrogens (tertiary/aromatic N) is 4. The lowest BCUT2D eigenvalue weighted by Crippen LogP contribution is -2.33.